The molecule has 2 aromatic carbocycles. The van der Waals surface area contributed by atoms with Crippen molar-refractivity contribution in [3.8, 4) is 17.2 Å². The molecular weight excluding hydrogens is 294 g/mol. The molecule has 0 bridgehead atoms. The highest BCUT2D eigenvalue weighted by atomic mass is 16.5. The van der Waals surface area contributed by atoms with Crippen LogP contribution in [0, 0.1) is 0 Å². The minimum absolute atomic E-state index is 0.0508. The number of carbonyl (C=O) groups excluding carboxylic acids is 1. The van der Waals surface area contributed by atoms with Crippen molar-refractivity contribution in [3.05, 3.63) is 65.5 Å². The summed E-state index contributed by atoms with van der Waals surface area (Å²) in [4.78, 5) is 16.8. The minimum atomic E-state index is -0.438. The van der Waals surface area contributed by atoms with E-state index in [1.807, 2.05) is 30.3 Å². The second kappa shape index (κ2) is 4.84. The van der Waals surface area contributed by atoms with Gasteiger partial charge >= 0.3 is 0 Å². The summed E-state index contributed by atoms with van der Waals surface area (Å²) in [5.41, 5.74) is 1.43. The molecule has 23 heavy (non-hydrogen) atoms. The number of benzene rings is 2. The molecule has 0 atom stereocenters. The molecule has 2 N–H and O–H groups in total. The van der Waals surface area contributed by atoms with E-state index < -0.39 is 5.78 Å². The third-order valence-corrected chi connectivity index (χ3v) is 3.64. The van der Waals surface area contributed by atoms with Crippen molar-refractivity contribution in [2.75, 3.05) is 0 Å². The zero-order valence-corrected chi connectivity index (χ0v) is 11.9. The van der Waals surface area contributed by atoms with Crippen molar-refractivity contribution >= 4 is 22.8 Å². The molecule has 1 aromatic heterocycles. The van der Waals surface area contributed by atoms with E-state index in [9.17, 15) is 15.0 Å². The molecule has 5 nitrogen and oxygen atoms in total. The third kappa shape index (κ3) is 2.19. The van der Waals surface area contributed by atoms with Gasteiger partial charge in [-0.15, -0.1) is 0 Å². The Morgan fingerprint density at radius 3 is 2.74 bits per heavy atom. The average Bonchev–Trinajstić information content (AvgIpc) is 2.83. The number of ether oxygens (including phenoxy) is 1. The van der Waals surface area contributed by atoms with Crippen LogP contribution in [0.25, 0.3) is 17.0 Å². The van der Waals surface area contributed by atoms with Gasteiger partial charge < -0.3 is 14.9 Å². The summed E-state index contributed by atoms with van der Waals surface area (Å²) < 4.78 is 5.45. The topological polar surface area (TPSA) is 79.7 Å². The van der Waals surface area contributed by atoms with Crippen molar-refractivity contribution in [1.29, 1.82) is 0 Å². The van der Waals surface area contributed by atoms with Crippen LogP contribution in [-0.4, -0.2) is 21.0 Å². The molecular formula is C18H11NO4. The smallest absolute Gasteiger partial charge is 0.235 e. The Labute approximate surface area is 131 Å². The van der Waals surface area contributed by atoms with Crippen LogP contribution in [0.5, 0.6) is 17.2 Å². The number of para-hydroxylation sites is 1. The Bertz CT molecular complexity index is 991. The number of phenolic OH excluding ortho intramolecular Hbond substituents is 2. The van der Waals surface area contributed by atoms with E-state index in [2.05, 4.69) is 4.98 Å². The number of carbonyl (C=O) groups is 1. The summed E-state index contributed by atoms with van der Waals surface area (Å²) in [7, 11) is 0. The maximum atomic E-state index is 12.3. The number of rotatable bonds is 1. The Morgan fingerprint density at radius 2 is 1.87 bits per heavy atom. The van der Waals surface area contributed by atoms with E-state index in [1.165, 1.54) is 12.1 Å². The van der Waals surface area contributed by atoms with Crippen LogP contribution in [0.4, 0.5) is 0 Å². The number of hydrogen-bond acceptors (Lipinski definition) is 5. The lowest BCUT2D eigenvalue weighted by Crippen LogP contribution is -1.99. The highest BCUT2D eigenvalue weighted by Crippen LogP contribution is 2.40. The lowest BCUT2D eigenvalue weighted by Gasteiger charge is -2.01. The van der Waals surface area contributed by atoms with Gasteiger partial charge in [0, 0.05) is 23.6 Å². The number of allylic oxidation sites excluding steroid dienone is 1. The summed E-state index contributed by atoms with van der Waals surface area (Å²) >= 11 is 0. The Kier molecular flexibility index (Phi) is 2.81. The van der Waals surface area contributed by atoms with Crippen molar-refractivity contribution in [2.24, 2.45) is 0 Å². The number of nitrogens with zero attached hydrogens (tertiary/aromatic N) is 1. The van der Waals surface area contributed by atoms with Gasteiger partial charge in [0.25, 0.3) is 0 Å². The molecule has 0 amide bonds. The monoisotopic (exact) mass is 305 g/mol. The van der Waals surface area contributed by atoms with E-state index >= 15 is 0 Å². The SMILES string of the molecule is O=C1/C(=C/c2ccc3ccccc3n2)Oc2cc(O)cc(O)c21. The molecule has 1 aliphatic heterocycles. The minimum Gasteiger partial charge on any atom is -0.508 e. The molecule has 0 fully saturated rings. The number of Topliss-reactive ketones (excluding diaryl/α,β-unsaturated/α-hetero) is 1. The molecule has 0 aliphatic carbocycles. The van der Waals surface area contributed by atoms with Crippen LogP contribution in [0.2, 0.25) is 0 Å². The normalized spacial score (nSPS) is 15.0. The number of aromatic hydroxyl groups is 2. The molecule has 3 aromatic rings. The number of hydrogen-bond donors (Lipinski definition) is 2. The van der Waals surface area contributed by atoms with Gasteiger partial charge in [0.2, 0.25) is 5.78 Å². The van der Waals surface area contributed by atoms with Gasteiger partial charge in [-0.05, 0) is 12.1 Å². The number of aromatic nitrogens is 1. The molecule has 4 rings (SSSR count). The number of phenols is 2. The first kappa shape index (κ1) is 13.3. The molecule has 2 heterocycles. The number of fused-ring (bicyclic) bond motifs is 2. The van der Waals surface area contributed by atoms with Crippen LogP contribution in [0.1, 0.15) is 16.1 Å². The fourth-order valence-electron chi connectivity index (χ4n) is 2.57. The Balaban J connectivity index is 1.77. The summed E-state index contributed by atoms with van der Waals surface area (Å²) in [5, 5.41) is 20.3. The van der Waals surface area contributed by atoms with E-state index in [1.54, 1.807) is 6.07 Å². The van der Waals surface area contributed by atoms with Crippen LogP contribution in [0.15, 0.2) is 54.3 Å². The summed E-state index contributed by atoms with van der Waals surface area (Å²) in [6.45, 7) is 0. The van der Waals surface area contributed by atoms with Crippen molar-refractivity contribution in [3.63, 3.8) is 0 Å². The molecule has 0 saturated carbocycles. The largest absolute Gasteiger partial charge is 0.508 e. The Hall–Kier alpha value is -3.34. The number of ketones is 1. The highest BCUT2D eigenvalue weighted by molar-refractivity contribution is 6.16. The maximum absolute atomic E-state index is 12.3. The zero-order chi connectivity index (χ0) is 16.0. The molecule has 0 unspecified atom stereocenters. The van der Waals surface area contributed by atoms with Crippen molar-refractivity contribution < 1.29 is 19.7 Å². The van der Waals surface area contributed by atoms with Crippen LogP contribution < -0.4 is 4.74 Å². The molecule has 0 radical (unpaired) electrons. The van der Waals surface area contributed by atoms with Gasteiger partial charge in [-0.3, -0.25) is 4.79 Å². The fraction of sp³-hybridized carbons (Fsp3) is 0. The second-order valence-electron chi connectivity index (χ2n) is 5.21. The summed E-state index contributed by atoms with van der Waals surface area (Å²) in [5.74, 6) is -0.713. The van der Waals surface area contributed by atoms with Crippen molar-refractivity contribution in [1.82, 2.24) is 4.98 Å². The Morgan fingerprint density at radius 1 is 1.04 bits per heavy atom. The van der Waals surface area contributed by atoms with E-state index in [0.29, 0.717) is 5.69 Å². The molecule has 0 saturated heterocycles. The van der Waals surface area contributed by atoms with Gasteiger partial charge in [-0.1, -0.05) is 24.3 Å². The predicted molar refractivity (Wildman–Crippen MR) is 84.5 cm³/mol. The second-order valence-corrected chi connectivity index (χ2v) is 5.21. The van der Waals surface area contributed by atoms with Crippen molar-refractivity contribution in [2.45, 2.75) is 0 Å². The van der Waals surface area contributed by atoms with E-state index in [4.69, 9.17) is 4.74 Å². The van der Waals surface area contributed by atoms with Crippen LogP contribution in [-0.2, 0) is 0 Å². The van der Waals surface area contributed by atoms with E-state index in [0.717, 1.165) is 17.0 Å². The quantitative estimate of drug-likeness (QED) is 0.675. The van der Waals surface area contributed by atoms with Gasteiger partial charge in [0.05, 0.1) is 11.2 Å². The van der Waals surface area contributed by atoms with Gasteiger partial charge in [0.15, 0.2) is 5.76 Å². The lowest BCUT2D eigenvalue weighted by atomic mass is 10.1. The highest BCUT2D eigenvalue weighted by Gasteiger charge is 2.31. The van der Waals surface area contributed by atoms with Gasteiger partial charge in [-0.2, -0.15) is 0 Å². The first-order valence-corrected chi connectivity index (χ1v) is 6.98. The summed E-state index contributed by atoms with van der Waals surface area (Å²) in [6.07, 6.45) is 1.52. The zero-order valence-electron chi connectivity index (χ0n) is 11.9. The first-order valence-electron chi connectivity index (χ1n) is 6.98. The first-order chi connectivity index (χ1) is 11.1. The van der Waals surface area contributed by atoms with Gasteiger partial charge in [0.1, 0.15) is 22.8 Å². The standard InChI is InChI=1S/C18H11NO4/c20-12-8-14(21)17-15(9-12)23-16(18(17)22)7-11-6-5-10-3-1-2-4-13(10)19-11/h1-9,20-21H/b16-7-. The summed E-state index contributed by atoms with van der Waals surface area (Å²) in [6, 6.07) is 13.7. The van der Waals surface area contributed by atoms with Crippen LogP contribution in [0.3, 0.4) is 0 Å². The number of pyridine rings is 1. The predicted octanol–water partition coefficient (Wildman–Crippen LogP) is 3.26. The van der Waals surface area contributed by atoms with Crippen LogP contribution >= 0.6 is 0 Å². The molecule has 5 heteroatoms. The maximum Gasteiger partial charge on any atom is 0.235 e. The third-order valence-electron chi connectivity index (χ3n) is 3.64. The molecule has 0 spiro atoms. The van der Waals surface area contributed by atoms with E-state index in [-0.39, 0.29) is 28.6 Å². The average molecular weight is 305 g/mol. The lowest BCUT2D eigenvalue weighted by molar-refractivity contribution is 0.101. The molecule has 112 valence electrons. The molecule has 1 aliphatic rings. The fourth-order valence-corrected chi connectivity index (χ4v) is 2.57. The van der Waals surface area contributed by atoms with Gasteiger partial charge in [-0.25, -0.2) is 4.98 Å².